The molecule has 0 spiro atoms. The molecule has 50 valence electrons. The van der Waals surface area contributed by atoms with Crippen molar-refractivity contribution in [2.24, 2.45) is 0 Å². The van der Waals surface area contributed by atoms with E-state index < -0.39 is 0 Å². The molecule has 0 atom stereocenters. The highest BCUT2D eigenvalue weighted by atomic mass is 79.9. The van der Waals surface area contributed by atoms with Gasteiger partial charge < -0.3 is 4.74 Å². The van der Waals surface area contributed by atoms with E-state index in [2.05, 4.69) is 20.3 Å². The standard InChI is InChI=1S/C5H6BrNOS/c1-8-5-2-4(3-6)9-7-5/h2H,3H2,1H3. The van der Waals surface area contributed by atoms with Gasteiger partial charge in [-0.3, -0.25) is 0 Å². The predicted molar refractivity (Wildman–Crippen MR) is 41.3 cm³/mol. The molecule has 0 aromatic carbocycles. The van der Waals surface area contributed by atoms with Gasteiger partial charge in [-0.1, -0.05) is 15.9 Å². The molecule has 1 aromatic heterocycles. The summed E-state index contributed by atoms with van der Waals surface area (Å²) in [5, 5.41) is 0.855. The van der Waals surface area contributed by atoms with E-state index in [9.17, 15) is 0 Å². The van der Waals surface area contributed by atoms with Crippen LogP contribution in [-0.4, -0.2) is 11.5 Å². The van der Waals surface area contributed by atoms with Crippen LogP contribution in [0.3, 0.4) is 0 Å². The van der Waals surface area contributed by atoms with Crippen LogP contribution in [0.4, 0.5) is 0 Å². The Bertz CT molecular complexity index is 170. The highest BCUT2D eigenvalue weighted by molar-refractivity contribution is 9.08. The number of alkyl halides is 1. The average Bonchev–Trinajstić information content (AvgIpc) is 2.34. The number of aromatic nitrogens is 1. The molecule has 0 saturated heterocycles. The van der Waals surface area contributed by atoms with Gasteiger partial charge in [0.05, 0.1) is 7.11 Å². The van der Waals surface area contributed by atoms with Gasteiger partial charge in [-0.05, 0) is 11.5 Å². The Balaban J connectivity index is 2.74. The van der Waals surface area contributed by atoms with Crippen molar-refractivity contribution in [3.63, 3.8) is 0 Å². The normalized spacial score (nSPS) is 9.56. The van der Waals surface area contributed by atoms with Crippen LogP contribution in [-0.2, 0) is 5.33 Å². The van der Waals surface area contributed by atoms with Gasteiger partial charge in [0.15, 0.2) is 0 Å². The lowest BCUT2D eigenvalue weighted by molar-refractivity contribution is 0.402. The van der Waals surface area contributed by atoms with Crippen molar-refractivity contribution in [3.05, 3.63) is 10.9 Å². The van der Waals surface area contributed by atoms with Crippen molar-refractivity contribution in [2.75, 3.05) is 7.11 Å². The Labute approximate surface area is 66.1 Å². The van der Waals surface area contributed by atoms with Gasteiger partial charge in [-0.15, -0.1) is 0 Å². The molecule has 0 saturated carbocycles. The third-order valence-corrected chi connectivity index (χ3v) is 2.62. The van der Waals surface area contributed by atoms with E-state index in [0.29, 0.717) is 5.88 Å². The first-order valence-electron chi connectivity index (χ1n) is 2.42. The van der Waals surface area contributed by atoms with Gasteiger partial charge in [0.1, 0.15) is 0 Å². The summed E-state index contributed by atoms with van der Waals surface area (Å²) in [6.07, 6.45) is 0. The topological polar surface area (TPSA) is 22.1 Å². The van der Waals surface area contributed by atoms with Crippen LogP contribution in [0.2, 0.25) is 0 Å². The molecular weight excluding hydrogens is 202 g/mol. The second-order valence-corrected chi connectivity index (χ2v) is 2.92. The van der Waals surface area contributed by atoms with Crippen LogP contribution in [0, 0.1) is 0 Å². The molecule has 0 bridgehead atoms. The van der Waals surface area contributed by atoms with Crippen LogP contribution < -0.4 is 4.74 Å². The molecule has 0 aliphatic rings. The maximum absolute atomic E-state index is 4.88. The zero-order valence-corrected chi connectivity index (χ0v) is 7.33. The summed E-state index contributed by atoms with van der Waals surface area (Å²) < 4.78 is 8.87. The summed E-state index contributed by atoms with van der Waals surface area (Å²) in [6.45, 7) is 0. The van der Waals surface area contributed by atoms with Gasteiger partial charge in [0.25, 0.3) is 0 Å². The minimum atomic E-state index is 0.703. The fourth-order valence-corrected chi connectivity index (χ4v) is 1.46. The molecule has 4 heteroatoms. The summed E-state index contributed by atoms with van der Waals surface area (Å²) in [6, 6.07) is 1.92. The molecular formula is C5H6BrNOS. The summed E-state index contributed by atoms with van der Waals surface area (Å²) in [5.74, 6) is 0.703. The molecule has 0 radical (unpaired) electrons. The van der Waals surface area contributed by atoms with E-state index >= 15 is 0 Å². The van der Waals surface area contributed by atoms with E-state index in [1.165, 1.54) is 16.4 Å². The molecule has 1 rings (SSSR count). The number of methoxy groups -OCH3 is 1. The second kappa shape index (κ2) is 3.17. The first kappa shape index (κ1) is 7.02. The van der Waals surface area contributed by atoms with Crippen LogP contribution >= 0.6 is 27.5 Å². The maximum Gasteiger partial charge on any atom is 0.225 e. The predicted octanol–water partition coefficient (Wildman–Crippen LogP) is 2.05. The fourth-order valence-electron chi connectivity index (χ4n) is 0.453. The second-order valence-electron chi connectivity index (χ2n) is 1.47. The molecule has 0 amide bonds. The SMILES string of the molecule is COc1cc(CBr)sn1. The minimum Gasteiger partial charge on any atom is -0.480 e. The van der Waals surface area contributed by atoms with E-state index in [0.717, 1.165) is 5.33 Å². The minimum absolute atomic E-state index is 0.703. The van der Waals surface area contributed by atoms with Crippen LogP contribution in [0.25, 0.3) is 0 Å². The van der Waals surface area contributed by atoms with Gasteiger partial charge in [-0.2, -0.15) is 4.37 Å². The van der Waals surface area contributed by atoms with Crippen LogP contribution in [0.15, 0.2) is 6.07 Å². The van der Waals surface area contributed by atoms with Crippen LogP contribution in [0.1, 0.15) is 4.88 Å². The van der Waals surface area contributed by atoms with Crippen molar-refractivity contribution < 1.29 is 4.74 Å². The lowest BCUT2D eigenvalue weighted by Gasteiger charge is -1.85. The molecule has 0 aliphatic carbocycles. The Kier molecular flexibility index (Phi) is 2.48. The Morgan fingerprint density at radius 3 is 3.00 bits per heavy atom. The Morgan fingerprint density at radius 1 is 1.89 bits per heavy atom. The van der Waals surface area contributed by atoms with Crippen LogP contribution in [0.5, 0.6) is 5.88 Å². The molecule has 0 aliphatic heterocycles. The molecule has 2 nitrogen and oxygen atoms in total. The number of hydrogen-bond acceptors (Lipinski definition) is 3. The Morgan fingerprint density at radius 2 is 2.67 bits per heavy atom. The summed E-state index contributed by atoms with van der Waals surface area (Å²) in [4.78, 5) is 1.19. The summed E-state index contributed by atoms with van der Waals surface area (Å²) >= 11 is 4.77. The van der Waals surface area contributed by atoms with E-state index in [1.54, 1.807) is 7.11 Å². The third kappa shape index (κ3) is 1.66. The Hall–Kier alpha value is -0.0900. The molecule has 0 fully saturated rings. The monoisotopic (exact) mass is 207 g/mol. The average molecular weight is 208 g/mol. The highest BCUT2D eigenvalue weighted by Gasteiger charge is 1.97. The van der Waals surface area contributed by atoms with E-state index in [4.69, 9.17) is 4.74 Å². The largest absolute Gasteiger partial charge is 0.480 e. The fraction of sp³-hybridized carbons (Fsp3) is 0.400. The zero-order chi connectivity index (χ0) is 6.69. The van der Waals surface area contributed by atoms with Crippen molar-refractivity contribution in [2.45, 2.75) is 5.33 Å². The molecule has 9 heavy (non-hydrogen) atoms. The quantitative estimate of drug-likeness (QED) is 0.694. The number of nitrogens with zero attached hydrogens (tertiary/aromatic N) is 1. The smallest absolute Gasteiger partial charge is 0.225 e. The van der Waals surface area contributed by atoms with E-state index in [-0.39, 0.29) is 0 Å². The van der Waals surface area contributed by atoms with Crippen molar-refractivity contribution in [3.8, 4) is 5.88 Å². The molecule has 0 unspecified atom stereocenters. The van der Waals surface area contributed by atoms with Gasteiger partial charge in [0.2, 0.25) is 5.88 Å². The van der Waals surface area contributed by atoms with Gasteiger partial charge >= 0.3 is 0 Å². The van der Waals surface area contributed by atoms with Crippen molar-refractivity contribution in [1.82, 2.24) is 4.37 Å². The summed E-state index contributed by atoms with van der Waals surface area (Å²) in [5.41, 5.74) is 0. The zero-order valence-electron chi connectivity index (χ0n) is 4.93. The lowest BCUT2D eigenvalue weighted by atomic mass is 10.5. The number of hydrogen-bond donors (Lipinski definition) is 0. The van der Waals surface area contributed by atoms with Gasteiger partial charge in [-0.25, -0.2) is 0 Å². The summed E-state index contributed by atoms with van der Waals surface area (Å²) in [7, 11) is 1.62. The van der Waals surface area contributed by atoms with Crippen molar-refractivity contribution >= 4 is 27.5 Å². The molecule has 0 N–H and O–H groups in total. The molecule has 1 aromatic rings. The first-order chi connectivity index (χ1) is 4.36. The number of rotatable bonds is 2. The maximum atomic E-state index is 4.88. The van der Waals surface area contributed by atoms with E-state index in [1.807, 2.05) is 6.07 Å². The highest BCUT2D eigenvalue weighted by Crippen LogP contribution is 2.17. The number of ether oxygens (including phenoxy) is 1. The third-order valence-electron chi connectivity index (χ3n) is 0.878. The van der Waals surface area contributed by atoms with Gasteiger partial charge in [0, 0.05) is 16.3 Å². The number of halogens is 1. The van der Waals surface area contributed by atoms with Crippen molar-refractivity contribution in [1.29, 1.82) is 0 Å². The molecule has 1 heterocycles. The lowest BCUT2D eigenvalue weighted by Crippen LogP contribution is -1.78. The first-order valence-corrected chi connectivity index (χ1v) is 4.32.